The van der Waals surface area contributed by atoms with Crippen LogP contribution in [0, 0.1) is 0 Å². The molecule has 0 radical (unpaired) electrons. The van der Waals surface area contributed by atoms with Crippen LogP contribution in [0.4, 0.5) is 0 Å². The van der Waals surface area contributed by atoms with Gasteiger partial charge in [-0.15, -0.1) is 0 Å². The van der Waals surface area contributed by atoms with E-state index >= 15 is 0 Å². The average Bonchev–Trinajstić information content (AvgIpc) is 2.37. The van der Waals surface area contributed by atoms with Crippen LogP contribution in [-0.2, 0) is 10.3 Å². The molecule has 19 heavy (non-hydrogen) atoms. The lowest BCUT2D eigenvalue weighted by atomic mass is 9.72. The van der Waals surface area contributed by atoms with E-state index in [2.05, 4.69) is 17.4 Å². The number of nitrogens with one attached hydrogen (secondary N) is 1. The molecule has 1 unspecified atom stereocenters. The lowest BCUT2D eigenvalue weighted by Gasteiger charge is -2.44. The highest BCUT2D eigenvalue weighted by Gasteiger charge is 2.38. The molecule has 1 aliphatic rings. The molecule has 106 valence electrons. The number of hydrogen-bond donors (Lipinski definition) is 2. The van der Waals surface area contributed by atoms with Crippen molar-refractivity contribution in [2.45, 2.75) is 37.8 Å². The fraction of sp³-hybridized carbons (Fsp3) is 0.600. The van der Waals surface area contributed by atoms with Gasteiger partial charge >= 0.3 is 0 Å². The van der Waals surface area contributed by atoms with Crippen molar-refractivity contribution in [2.24, 2.45) is 0 Å². The fourth-order valence-electron chi connectivity index (χ4n) is 2.49. The summed E-state index contributed by atoms with van der Waals surface area (Å²) in [5.41, 5.74) is 1.27. The van der Waals surface area contributed by atoms with Gasteiger partial charge < -0.3 is 15.2 Å². The summed E-state index contributed by atoms with van der Waals surface area (Å²) in [5.74, 6) is 0. The van der Waals surface area contributed by atoms with Gasteiger partial charge in [0.2, 0.25) is 0 Å². The van der Waals surface area contributed by atoms with Crippen molar-refractivity contribution in [3.05, 3.63) is 34.9 Å². The Bertz CT molecular complexity index is 390. The maximum atomic E-state index is 9.85. The van der Waals surface area contributed by atoms with Gasteiger partial charge in [0.1, 0.15) is 0 Å². The monoisotopic (exact) mass is 283 g/mol. The van der Waals surface area contributed by atoms with E-state index in [1.807, 2.05) is 19.1 Å². The Balaban J connectivity index is 1.93. The predicted octanol–water partition coefficient (Wildman–Crippen LogP) is 2.71. The molecule has 1 aromatic carbocycles. The lowest BCUT2D eigenvalue weighted by molar-refractivity contribution is 0.0323. The van der Waals surface area contributed by atoms with Gasteiger partial charge in [0.05, 0.1) is 12.7 Å². The zero-order valence-electron chi connectivity index (χ0n) is 11.4. The summed E-state index contributed by atoms with van der Waals surface area (Å²) in [7, 11) is 0. The highest BCUT2D eigenvalue weighted by atomic mass is 35.5. The Morgan fingerprint density at radius 1 is 1.37 bits per heavy atom. The normalized spacial score (nSPS) is 18.9. The third kappa shape index (κ3) is 3.69. The van der Waals surface area contributed by atoms with Crippen molar-refractivity contribution in [2.75, 3.05) is 19.8 Å². The first-order valence-electron chi connectivity index (χ1n) is 6.93. The van der Waals surface area contributed by atoms with Gasteiger partial charge in [0.25, 0.3) is 0 Å². The number of halogens is 1. The molecule has 0 aliphatic heterocycles. The molecule has 1 saturated carbocycles. The highest BCUT2D eigenvalue weighted by molar-refractivity contribution is 6.30. The number of rotatable bonds is 7. The minimum absolute atomic E-state index is 0.0117. The number of aliphatic hydroxyl groups is 1. The molecular formula is C15H22ClNO2. The summed E-state index contributed by atoms with van der Waals surface area (Å²) in [6.07, 6.45) is 2.98. The van der Waals surface area contributed by atoms with Crippen LogP contribution < -0.4 is 5.32 Å². The van der Waals surface area contributed by atoms with Gasteiger partial charge in [-0.25, -0.2) is 0 Å². The Hall–Kier alpha value is -0.610. The minimum atomic E-state index is -0.454. The summed E-state index contributed by atoms with van der Waals surface area (Å²) >= 11 is 5.93. The van der Waals surface area contributed by atoms with Gasteiger partial charge in [-0.1, -0.05) is 23.7 Å². The van der Waals surface area contributed by atoms with Crippen LogP contribution in [0.15, 0.2) is 24.3 Å². The molecule has 0 heterocycles. The first-order valence-corrected chi connectivity index (χ1v) is 7.31. The van der Waals surface area contributed by atoms with E-state index in [0.29, 0.717) is 19.8 Å². The average molecular weight is 284 g/mol. The van der Waals surface area contributed by atoms with Crippen molar-refractivity contribution in [1.82, 2.24) is 5.32 Å². The summed E-state index contributed by atoms with van der Waals surface area (Å²) in [6, 6.07) is 8.00. The highest BCUT2D eigenvalue weighted by Crippen LogP contribution is 2.41. The fourth-order valence-corrected chi connectivity index (χ4v) is 2.62. The van der Waals surface area contributed by atoms with E-state index in [1.165, 1.54) is 12.0 Å². The van der Waals surface area contributed by atoms with E-state index in [0.717, 1.165) is 17.9 Å². The number of benzene rings is 1. The van der Waals surface area contributed by atoms with Gasteiger partial charge in [-0.05, 0) is 43.9 Å². The van der Waals surface area contributed by atoms with Gasteiger partial charge in [-0.3, -0.25) is 0 Å². The third-order valence-corrected chi connectivity index (χ3v) is 4.05. The molecular weight excluding hydrogens is 262 g/mol. The van der Waals surface area contributed by atoms with Crippen LogP contribution in [0.1, 0.15) is 31.7 Å². The number of ether oxygens (including phenoxy) is 1. The topological polar surface area (TPSA) is 41.5 Å². The molecule has 0 amide bonds. The molecule has 1 fully saturated rings. The Morgan fingerprint density at radius 3 is 2.58 bits per heavy atom. The van der Waals surface area contributed by atoms with Crippen molar-refractivity contribution in [1.29, 1.82) is 0 Å². The number of hydrogen-bond acceptors (Lipinski definition) is 3. The molecule has 3 nitrogen and oxygen atoms in total. The quantitative estimate of drug-likeness (QED) is 0.808. The van der Waals surface area contributed by atoms with Crippen LogP contribution in [0.3, 0.4) is 0 Å². The van der Waals surface area contributed by atoms with Crippen molar-refractivity contribution >= 4 is 11.6 Å². The molecule has 0 spiro atoms. The molecule has 1 atom stereocenters. The minimum Gasteiger partial charge on any atom is -0.389 e. The summed E-state index contributed by atoms with van der Waals surface area (Å²) < 4.78 is 5.23. The predicted molar refractivity (Wildman–Crippen MR) is 77.5 cm³/mol. The van der Waals surface area contributed by atoms with Crippen LogP contribution >= 0.6 is 11.6 Å². The molecule has 4 heteroatoms. The van der Waals surface area contributed by atoms with Gasteiger partial charge in [0, 0.05) is 23.7 Å². The van der Waals surface area contributed by atoms with E-state index in [4.69, 9.17) is 16.3 Å². The largest absolute Gasteiger partial charge is 0.389 e. The second-order valence-electron chi connectivity index (χ2n) is 5.14. The van der Waals surface area contributed by atoms with E-state index in [9.17, 15) is 5.11 Å². The third-order valence-electron chi connectivity index (χ3n) is 3.79. The second kappa shape index (κ2) is 6.71. The zero-order chi connectivity index (χ0) is 13.7. The van der Waals surface area contributed by atoms with Crippen molar-refractivity contribution in [3.8, 4) is 0 Å². The Morgan fingerprint density at radius 2 is 2.05 bits per heavy atom. The van der Waals surface area contributed by atoms with Crippen molar-refractivity contribution in [3.63, 3.8) is 0 Å². The van der Waals surface area contributed by atoms with Gasteiger partial charge in [-0.2, -0.15) is 0 Å². The Kier molecular flexibility index (Phi) is 5.22. The first kappa shape index (κ1) is 14.8. The molecule has 0 aromatic heterocycles. The van der Waals surface area contributed by atoms with E-state index in [1.54, 1.807) is 0 Å². The molecule has 1 aliphatic carbocycles. The van der Waals surface area contributed by atoms with E-state index < -0.39 is 6.10 Å². The Labute approximate surface area is 119 Å². The summed E-state index contributed by atoms with van der Waals surface area (Å²) in [4.78, 5) is 0. The zero-order valence-corrected chi connectivity index (χ0v) is 12.1. The summed E-state index contributed by atoms with van der Waals surface area (Å²) in [6.45, 7) is 3.52. The lowest BCUT2D eigenvalue weighted by Crippen LogP contribution is -2.51. The molecule has 2 N–H and O–H groups in total. The standard InChI is InChI=1S/C15H22ClNO2/c1-2-19-11-14(18)10-17-15(8-3-9-15)12-4-6-13(16)7-5-12/h4-7,14,17-18H,2-3,8-11H2,1H3. The summed E-state index contributed by atoms with van der Waals surface area (Å²) in [5, 5.41) is 14.1. The van der Waals surface area contributed by atoms with Crippen LogP contribution in [0.5, 0.6) is 0 Å². The van der Waals surface area contributed by atoms with E-state index in [-0.39, 0.29) is 5.54 Å². The number of aliphatic hydroxyl groups excluding tert-OH is 1. The van der Waals surface area contributed by atoms with Crippen LogP contribution in [0.25, 0.3) is 0 Å². The molecule has 0 bridgehead atoms. The maximum absolute atomic E-state index is 9.85. The first-order chi connectivity index (χ1) is 9.16. The smallest absolute Gasteiger partial charge is 0.0897 e. The molecule has 1 aromatic rings. The van der Waals surface area contributed by atoms with Crippen LogP contribution in [-0.4, -0.2) is 31.0 Å². The molecule has 2 rings (SSSR count). The molecule has 0 saturated heterocycles. The van der Waals surface area contributed by atoms with Crippen molar-refractivity contribution < 1.29 is 9.84 Å². The van der Waals surface area contributed by atoms with Crippen LogP contribution in [0.2, 0.25) is 5.02 Å². The van der Waals surface area contributed by atoms with Gasteiger partial charge in [0.15, 0.2) is 0 Å². The second-order valence-corrected chi connectivity index (χ2v) is 5.57. The SMILES string of the molecule is CCOCC(O)CNC1(c2ccc(Cl)cc2)CCC1. The maximum Gasteiger partial charge on any atom is 0.0897 e.